The Balaban J connectivity index is 1.56. The summed E-state index contributed by atoms with van der Waals surface area (Å²) in [6, 6.07) is 3.52. The zero-order valence-corrected chi connectivity index (χ0v) is 11.7. The number of rotatable bonds is 3. The molecule has 1 aliphatic rings. The average Bonchev–Trinajstić information content (AvgIpc) is 3.01. The van der Waals surface area contributed by atoms with E-state index in [1.165, 1.54) is 6.33 Å². The summed E-state index contributed by atoms with van der Waals surface area (Å²) in [6.45, 7) is 2.35. The summed E-state index contributed by atoms with van der Waals surface area (Å²) >= 11 is 0. The van der Waals surface area contributed by atoms with E-state index < -0.39 is 0 Å². The molecule has 2 amide bonds. The predicted molar refractivity (Wildman–Crippen MR) is 77.6 cm³/mol. The molecule has 3 rings (SSSR count). The molecule has 2 aromatic heterocycles. The normalized spacial score (nSPS) is 18.5. The van der Waals surface area contributed by atoms with Gasteiger partial charge in [-0.15, -0.1) is 0 Å². The lowest BCUT2D eigenvalue weighted by Gasteiger charge is -2.32. The summed E-state index contributed by atoms with van der Waals surface area (Å²) in [5.41, 5.74) is 0.772. The molecule has 3 heterocycles. The number of carbonyl (C=O) groups is 1. The molecule has 1 unspecified atom stereocenters. The van der Waals surface area contributed by atoms with Crippen LogP contribution in [0.25, 0.3) is 0 Å². The van der Waals surface area contributed by atoms with Gasteiger partial charge in [0.15, 0.2) is 0 Å². The Hall–Kier alpha value is -2.44. The van der Waals surface area contributed by atoms with Crippen molar-refractivity contribution in [2.75, 3.05) is 18.4 Å². The lowest BCUT2D eigenvalue weighted by atomic mass is 9.98. The number of carbonyl (C=O) groups excluding carboxylic acids is 1. The number of aromatic nitrogens is 4. The number of piperidine rings is 1. The van der Waals surface area contributed by atoms with Gasteiger partial charge in [-0.1, -0.05) is 0 Å². The monoisotopic (exact) mass is 286 g/mol. The molecule has 7 heteroatoms. The maximum absolute atomic E-state index is 12.3. The van der Waals surface area contributed by atoms with Crippen LogP contribution in [0.5, 0.6) is 0 Å². The number of anilines is 1. The highest BCUT2D eigenvalue weighted by atomic mass is 16.2. The Labute approximate surface area is 123 Å². The molecule has 1 atom stereocenters. The van der Waals surface area contributed by atoms with Gasteiger partial charge < -0.3 is 10.2 Å². The van der Waals surface area contributed by atoms with E-state index in [0.717, 1.165) is 38.2 Å². The largest absolute Gasteiger partial charge is 0.324 e. The Kier molecular flexibility index (Phi) is 4.09. The topological polar surface area (TPSA) is 75.9 Å². The minimum absolute atomic E-state index is 0.0514. The average molecular weight is 286 g/mol. The van der Waals surface area contributed by atoms with Crippen molar-refractivity contribution in [1.82, 2.24) is 24.6 Å². The molecule has 1 saturated heterocycles. The smallest absolute Gasteiger partial charge is 0.321 e. The number of nitrogens with one attached hydrogen (secondary N) is 1. The van der Waals surface area contributed by atoms with Gasteiger partial charge in [0, 0.05) is 37.7 Å². The Morgan fingerprint density at radius 3 is 2.95 bits per heavy atom. The van der Waals surface area contributed by atoms with E-state index in [4.69, 9.17) is 0 Å². The molecule has 1 aliphatic heterocycles. The van der Waals surface area contributed by atoms with Crippen LogP contribution in [-0.4, -0.2) is 43.8 Å². The molecule has 0 aliphatic carbocycles. The standard InChI is InChI=1S/C14H18N6O/c21-14(18-13-3-5-15-6-4-13)19-7-1-2-12(8-19)9-20-11-16-10-17-20/h3-6,10-12H,1-2,7-9H2,(H,15,18,21). The molecule has 0 radical (unpaired) electrons. The molecule has 2 aromatic rings. The maximum Gasteiger partial charge on any atom is 0.321 e. The first kappa shape index (κ1) is 13.5. The van der Waals surface area contributed by atoms with E-state index in [9.17, 15) is 4.79 Å². The number of hydrogen-bond acceptors (Lipinski definition) is 4. The molecule has 21 heavy (non-hydrogen) atoms. The van der Waals surface area contributed by atoms with Crippen LogP contribution in [-0.2, 0) is 6.54 Å². The fraction of sp³-hybridized carbons (Fsp3) is 0.429. The van der Waals surface area contributed by atoms with E-state index in [1.807, 2.05) is 9.58 Å². The lowest BCUT2D eigenvalue weighted by molar-refractivity contribution is 0.168. The number of nitrogens with zero attached hydrogens (tertiary/aromatic N) is 5. The second-order valence-corrected chi connectivity index (χ2v) is 5.24. The van der Waals surface area contributed by atoms with Crippen molar-refractivity contribution in [2.45, 2.75) is 19.4 Å². The van der Waals surface area contributed by atoms with Crippen LogP contribution in [0.15, 0.2) is 37.2 Å². The molecule has 0 aromatic carbocycles. The SMILES string of the molecule is O=C(Nc1ccncc1)N1CCCC(Cn2cncn2)C1. The minimum Gasteiger partial charge on any atom is -0.324 e. The Morgan fingerprint density at radius 2 is 2.19 bits per heavy atom. The lowest BCUT2D eigenvalue weighted by Crippen LogP contribution is -2.43. The Morgan fingerprint density at radius 1 is 1.33 bits per heavy atom. The first-order valence-corrected chi connectivity index (χ1v) is 7.09. The van der Waals surface area contributed by atoms with Gasteiger partial charge in [-0.2, -0.15) is 5.10 Å². The van der Waals surface area contributed by atoms with Crippen LogP contribution in [0.4, 0.5) is 10.5 Å². The molecule has 0 bridgehead atoms. The van der Waals surface area contributed by atoms with Gasteiger partial charge in [0.25, 0.3) is 0 Å². The van der Waals surface area contributed by atoms with Crippen molar-refractivity contribution in [2.24, 2.45) is 5.92 Å². The van der Waals surface area contributed by atoms with Gasteiger partial charge in [0.1, 0.15) is 12.7 Å². The predicted octanol–water partition coefficient (Wildman–Crippen LogP) is 1.62. The van der Waals surface area contributed by atoms with Gasteiger partial charge in [-0.05, 0) is 30.9 Å². The van der Waals surface area contributed by atoms with Crippen molar-refractivity contribution in [3.05, 3.63) is 37.2 Å². The third-order valence-electron chi connectivity index (χ3n) is 3.65. The van der Waals surface area contributed by atoms with Crippen molar-refractivity contribution in [3.63, 3.8) is 0 Å². The number of hydrogen-bond donors (Lipinski definition) is 1. The molecule has 0 saturated carbocycles. The summed E-state index contributed by atoms with van der Waals surface area (Å²) in [5.74, 6) is 0.420. The van der Waals surface area contributed by atoms with Gasteiger partial charge in [-0.25, -0.2) is 9.78 Å². The number of likely N-dealkylation sites (tertiary alicyclic amines) is 1. The van der Waals surface area contributed by atoms with Gasteiger partial charge in [-0.3, -0.25) is 9.67 Å². The number of amides is 2. The van der Waals surface area contributed by atoms with Gasteiger partial charge >= 0.3 is 6.03 Å². The van der Waals surface area contributed by atoms with Crippen LogP contribution in [0.2, 0.25) is 0 Å². The third kappa shape index (κ3) is 3.56. The molecule has 1 N–H and O–H groups in total. The van der Waals surface area contributed by atoms with Crippen LogP contribution in [0.3, 0.4) is 0 Å². The third-order valence-corrected chi connectivity index (χ3v) is 3.65. The van der Waals surface area contributed by atoms with Crippen molar-refractivity contribution < 1.29 is 4.79 Å². The highest BCUT2D eigenvalue weighted by Crippen LogP contribution is 2.19. The summed E-state index contributed by atoms with van der Waals surface area (Å²) in [6.07, 6.45) is 8.72. The first-order valence-electron chi connectivity index (χ1n) is 7.09. The van der Waals surface area contributed by atoms with E-state index >= 15 is 0 Å². The van der Waals surface area contributed by atoms with Crippen molar-refractivity contribution >= 4 is 11.7 Å². The quantitative estimate of drug-likeness (QED) is 0.930. The van der Waals surface area contributed by atoms with E-state index in [1.54, 1.807) is 30.9 Å². The van der Waals surface area contributed by atoms with Gasteiger partial charge in [0.2, 0.25) is 0 Å². The summed E-state index contributed by atoms with van der Waals surface area (Å²) in [5, 5.41) is 7.03. The fourth-order valence-electron chi connectivity index (χ4n) is 2.63. The number of pyridine rings is 1. The van der Waals surface area contributed by atoms with Crippen LogP contribution in [0, 0.1) is 5.92 Å². The van der Waals surface area contributed by atoms with Gasteiger partial charge in [0.05, 0.1) is 0 Å². The van der Waals surface area contributed by atoms with Crippen LogP contribution in [0.1, 0.15) is 12.8 Å². The molecule has 0 spiro atoms. The molecular formula is C14H18N6O. The molecular weight excluding hydrogens is 268 g/mol. The first-order chi connectivity index (χ1) is 10.3. The Bertz CT molecular complexity index is 570. The summed E-state index contributed by atoms with van der Waals surface area (Å²) in [7, 11) is 0. The zero-order valence-electron chi connectivity index (χ0n) is 11.7. The zero-order chi connectivity index (χ0) is 14.5. The highest BCUT2D eigenvalue weighted by molar-refractivity contribution is 5.89. The van der Waals surface area contributed by atoms with Crippen molar-refractivity contribution in [3.8, 4) is 0 Å². The molecule has 7 nitrogen and oxygen atoms in total. The highest BCUT2D eigenvalue weighted by Gasteiger charge is 2.24. The summed E-state index contributed by atoms with van der Waals surface area (Å²) < 4.78 is 1.83. The minimum atomic E-state index is -0.0514. The maximum atomic E-state index is 12.3. The summed E-state index contributed by atoms with van der Waals surface area (Å²) in [4.78, 5) is 22.0. The van der Waals surface area contributed by atoms with Crippen LogP contribution >= 0.6 is 0 Å². The van der Waals surface area contributed by atoms with Crippen LogP contribution < -0.4 is 5.32 Å². The molecule has 110 valence electrons. The van der Waals surface area contributed by atoms with E-state index in [0.29, 0.717) is 5.92 Å². The van der Waals surface area contributed by atoms with E-state index in [-0.39, 0.29) is 6.03 Å². The molecule has 1 fully saturated rings. The fourth-order valence-corrected chi connectivity index (χ4v) is 2.63. The second kappa shape index (κ2) is 6.34. The van der Waals surface area contributed by atoms with Crippen molar-refractivity contribution in [1.29, 1.82) is 0 Å². The number of urea groups is 1. The second-order valence-electron chi connectivity index (χ2n) is 5.24. The van der Waals surface area contributed by atoms with E-state index in [2.05, 4.69) is 20.4 Å².